The standard InChI is InChI=1S/H5N3O3S2/c1-8(2,6)3-7(4)5/h(H,4,5)(H4,1,2,3,6)/p-1. The number of hydrogen-bond acceptors (Lipinski definition) is 4. The lowest BCUT2D eigenvalue weighted by Gasteiger charge is -2.04. The summed E-state index contributed by atoms with van der Waals surface area (Å²) >= 11 is -2.72. The molecular formula is H4N3O3S2-. The summed E-state index contributed by atoms with van der Waals surface area (Å²) in [4.78, 5) is 0. The van der Waals surface area contributed by atoms with Crippen LogP contribution in [0.1, 0.15) is 0 Å². The van der Waals surface area contributed by atoms with Gasteiger partial charge in [-0.3, -0.25) is 4.21 Å². The predicted molar refractivity (Wildman–Crippen MR) is 27.1 cm³/mol. The first-order valence-corrected chi connectivity index (χ1v) is 4.04. The van der Waals surface area contributed by atoms with Gasteiger partial charge in [0.15, 0.2) is 10.1 Å². The third-order valence-electron chi connectivity index (χ3n) is 0.192. The summed E-state index contributed by atoms with van der Waals surface area (Å²) < 4.78 is 36.5. The Morgan fingerprint density at radius 1 is 1.88 bits per heavy atom. The van der Waals surface area contributed by atoms with Gasteiger partial charge >= 0.3 is 0 Å². The summed E-state index contributed by atoms with van der Waals surface area (Å²) in [5.74, 6) is 0. The van der Waals surface area contributed by atoms with Crippen LogP contribution in [0, 0.1) is 4.78 Å². The van der Waals surface area contributed by atoms with Crippen LogP contribution in [0.5, 0.6) is 0 Å². The highest BCUT2D eigenvalue weighted by atomic mass is 32.3. The molecule has 2 atom stereocenters. The van der Waals surface area contributed by atoms with Crippen LogP contribution >= 0.6 is 0 Å². The lowest BCUT2D eigenvalue weighted by molar-refractivity contribution is 0.533. The van der Waals surface area contributed by atoms with Crippen molar-refractivity contribution in [2.24, 2.45) is 5.14 Å². The first-order valence-electron chi connectivity index (χ1n) is 1.35. The van der Waals surface area contributed by atoms with Crippen molar-refractivity contribution in [2.45, 2.75) is 0 Å². The van der Waals surface area contributed by atoms with Gasteiger partial charge in [-0.25, -0.2) is 14.1 Å². The van der Waals surface area contributed by atoms with Crippen molar-refractivity contribution < 1.29 is 13.0 Å². The van der Waals surface area contributed by atoms with Gasteiger partial charge in [-0.15, -0.1) is 4.13 Å². The fourth-order valence-electron chi connectivity index (χ4n) is 0.101. The zero-order chi connectivity index (χ0) is 6.78. The Hall–Kier alpha value is -0.0200. The molecule has 0 heterocycles. The first-order chi connectivity index (χ1) is 3.42. The van der Waals surface area contributed by atoms with Gasteiger partial charge in [-0.1, -0.05) is 0 Å². The first kappa shape index (κ1) is 7.98. The zero-order valence-corrected chi connectivity index (χ0v) is 5.25. The molecule has 0 aromatic carbocycles. The van der Waals surface area contributed by atoms with Gasteiger partial charge in [-0.05, 0) is 0 Å². The lowest BCUT2D eigenvalue weighted by atomic mass is 13.8. The van der Waals surface area contributed by atoms with Crippen molar-refractivity contribution >= 4 is 21.4 Å². The molecule has 0 spiro atoms. The smallest absolute Gasteiger partial charge is 0.177 e. The Morgan fingerprint density at radius 3 is 2.25 bits per heavy atom. The van der Waals surface area contributed by atoms with Gasteiger partial charge < -0.3 is 4.55 Å². The summed E-state index contributed by atoms with van der Waals surface area (Å²) in [7, 11) is -3.59. The quantitative estimate of drug-likeness (QED) is 0.411. The Bertz CT molecular complexity index is 179. The summed E-state index contributed by atoms with van der Waals surface area (Å²) in [6, 6.07) is 0. The summed E-state index contributed by atoms with van der Waals surface area (Å²) in [5.41, 5.74) is 0. The van der Waals surface area contributed by atoms with E-state index in [0.29, 0.717) is 0 Å². The Morgan fingerprint density at radius 2 is 2.25 bits per heavy atom. The molecule has 8 heavy (non-hydrogen) atoms. The number of nitrogens with one attached hydrogen (secondary N) is 2. The molecular weight excluding hydrogens is 154 g/mol. The van der Waals surface area contributed by atoms with Crippen LogP contribution in [-0.4, -0.2) is 13.0 Å². The van der Waals surface area contributed by atoms with E-state index in [9.17, 15) is 13.0 Å². The van der Waals surface area contributed by atoms with E-state index in [0.717, 1.165) is 0 Å². The van der Waals surface area contributed by atoms with Crippen molar-refractivity contribution in [2.75, 3.05) is 0 Å². The van der Waals surface area contributed by atoms with Crippen LogP contribution in [0.4, 0.5) is 0 Å². The van der Waals surface area contributed by atoms with Crippen LogP contribution in [0.15, 0.2) is 0 Å². The van der Waals surface area contributed by atoms with Crippen LogP contribution in [0.3, 0.4) is 0 Å². The molecule has 0 aromatic rings. The van der Waals surface area contributed by atoms with E-state index in [1.807, 2.05) is 0 Å². The van der Waals surface area contributed by atoms with Gasteiger partial charge in [-0.2, -0.15) is 0 Å². The van der Waals surface area contributed by atoms with E-state index < -0.39 is 21.4 Å². The van der Waals surface area contributed by atoms with Crippen LogP contribution in [-0.2, 0) is 21.4 Å². The van der Waals surface area contributed by atoms with Crippen molar-refractivity contribution in [1.29, 1.82) is 4.78 Å². The average Bonchev–Trinajstić information content (AvgIpc) is 1.21. The second-order valence-electron chi connectivity index (χ2n) is 0.919. The minimum absolute atomic E-state index is 1.27. The van der Waals surface area contributed by atoms with Crippen molar-refractivity contribution in [3.8, 4) is 0 Å². The normalized spacial score (nSPS) is 21.8. The van der Waals surface area contributed by atoms with Crippen molar-refractivity contribution in [1.82, 2.24) is 4.13 Å². The lowest BCUT2D eigenvalue weighted by Crippen LogP contribution is -2.30. The molecule has 0 aliphatic rings. The molecule has 6 nitrogen and oxygen atoms in total. The summed E-state index contributed by atoms with van der Waals surface area (Å²) in [5, 5.41) is 4.43. The van der Waals surface area contributed by atoms with E-state index in [2.05, 4.69) is 5.14 Å². The molecule has 0 radical (unpaired) electrons. The zero-order valence-electron chi connectivity index (χ0n) is 3.62. The number of nitrogens with two attached hydrogens (primary N) is 1. The molecule has 2 unspecified atom stereocenters. The Kier molecular flexibility index (Phi) is 2.50. The second kappa shape index (κ2) is 2.51. The largest absolute Gasteiger partial charge is 0.759 e. The maximum Gasteiger partial charge on any atom is 0.177 e. The maximum absolute atomic E-state index is 9.94. The highest BCUT2D eigenvalue weighted by molar-refractivity contribution is 7.99. The van der Waals surface area contributed by atoms with Gasteiger partial charge in [0.2, 0.25) is 0 Å². The van der Waals surface area contributed by atoms with Crippen molar-refractivity contribution in [3.63, 3.8) is 0 Å². The molecule has 0 bridgehead atoms. The minimum Gasteiger partial charge on any atom is -0.759 e. The number of hydrogen-bond donors (Lipinski definition) is 3. The topological polar surface area (TPSA) is 119 Å². The van der Waals surface area contributed by atoms with Gasteiger partial charge in [0.25, 0.3) is 0 Å². The molecule has 0 amide bonds. The SMILES string of the molecule is N=S(N)(=O)NS(=O)[O-]. The van der Waals surface area contributed by atoms with Crippen LogP contribution in [0.2, 0.25) is 0 Å². The number of rotatable bonds is 2. The molecule has 0 saturated carbocycles. The van der Waals surface area contributed by atoms with Gasteiger partial charge in [0.1, 0.15) is 0 Å². The predicted octanol–water partition coefficient (Wildman–Crippen LogP) is -1.79. The summed E-state index contributed by atoms with van der Waals surface area (Å²) in [6.07, 6.45) is 0. The fraction of sp³-hybridized carbons (Fsp3) is 0. The third kappa shape index (κ3) is 5.98. The second-order valence-corrected chi connectivity index (χ2v) is 3.26. The monoisotopic (exact) mass is 158 g/mol. The average molecular weight is 158 g/mol. The molecule has 0 fully saturated rings. The fourth-order valence-corrected chi connectivity index (χ4v) is 0.910. The van der Waals surface area contributed by atoms with E-state index in [1.54, 1.807) is 0 Å². The molecule has 0 rings (SSSR count). The molecule has 0 aromatic heterocycles. The van der Waals surface area contributed by atoms with E-state index >= 15 is 0 Å². The highest BCUT2D eigenvalue weighted by Gasteiger charge is 1.91. The molecule has 4 N–H and O–H groups in total. The summed E-state index contributed by atoms with van der Waals surface area (Å²) in [6.45, 7) is 0. The molecule has 0 saturated heterocycles. The molecule has 50 valence electrons. The minimum atomic E-state index is -3.59. The Balaban J connectivity index is 3.95. The highest BCUT2D eigenvalue weighted by Crippen LogP contribution is 1.69. The third-order valence-corrected chi connectivity index (χ3v) is 1.73. The molecule has 0 aliphatic carbocycles. The van der Waals surface area contributed by atoms with Gasteiger partial charge in [0.05, 0.1) is 0 Å². The van der Waals surface area contributed by atoms with E-state index in [4.69, 9.17) is 4.78 Å². The van der Waals surface area contributed by atoms with E-state index in [1.165, 1.54) is 4.13 Å². The van der Waals surface area contributed by atoms with Crippen molar-refractivity contribution in [3.05, 3.63) is 0 Å². The van der Waals surface area contributed by atoms with Crippen LogP contribution < -0.4 is 9.27 Å². The Labute approximate surface area is 49.1 Å². The van der Waals surface area contributed by atoms with Crippen LogP contribution in [0.25, 0.3) is 0 Å². The molecule has 0 aliphatic heterocycles. The van der Waals surface area contributed by atoms with Gasteiger partial charge in [0, 0.05) is 11.3 Å². The molecule has 8 heteroatoms. The maximum atomic E-state index is 9.94. The van der Waals surface area contributed by atoms with E-state index in [-0.39, 0.29) is 0 Å².